The molecule has 1 rings (SSSR count). The molecular formula is C12H14N2O2. The van der Waals surface area contributed by atoms with Crippen LogP contribution in [0.5, 0.6) is 0 Å². The van der Waals surface area contributed by atoms with Crippen LogP contribution >= 0.6 is 0 Å². The summed E-state index contributed by atoms with van der Waals surface area (Å²) in [5.41, 5.74) is 7.29. The molecule has 1 aromatic carbocycles. The lowest BCUT2D eigenvalue weighted by Crippen LogP contribution is -2.17. The van der Waals surface area contributed by atoms with Crippen molar-refractivity contribution in [1.29, 1.82) is 5.26 Å². The average molecular weight is 218 g/mol. The number of aryl methyl sites for hydroxylation is 1. The van der Waals surface area contributed by atoms with Gasteiger partial charge in [-0.2, -0.15) is 5.26 Å². The van der Waals surface area contributed by atoms with Crippen LogP contribution < -0.4 is 5.73 Å². The number of ether oxygens (including phenoxy) is 1. The molecule has 0 amide bonds. The number of anilines is 1. The molecule has 84 valence electrons. The van der Waals surface area contributed by atoms with Gasteiger partial charge in [0.15, 0.2) is 6.10 Å². The molecule has 4 nitrogen and oxygen atoms in total. The molecule has 0 spiro atoms. The van der Waals surface area contributed by atoms with Crippen molar-refractivity contribution in [2.75, 3.05) is 5.73 Å². The second-order valence-corrected chi connectivity index (χ2v) is 3.47. The van der Waals surface area contributed by atoms with Crippen molar-refractivity contribution in [1.82, 2.24) is 0 Å². The van der Waals surface area contributed by atoms with E-state index in [1.54, 1.807) is 19.1 Å². The van der Waals surface area contributed by atoms with Crippen molar-refractivity contribution >= 4 is 11.7 Å². The summed E-state index contributed by atoms with van der Waals surface area (Å²) in [5.74, 6) is -0.547. The quantitative estimate of drug-likeness (QED) is 0.622. The number of carbonyl (C=O) groups is 1. The number of rotatable bonds is 3. The van der Waals surface area contributed by atoms with Crippen molar-refractivity contribution < 1.29 is 9.53 Å². The molecule has 0 aromatic heterocycles. The van der Waals surface area contributed by atoms with Crippen molar-refractivity contribution in [2.45, 2.75) is 26.4 Å². The lowest BCUT2D eigenvalue weighted by Gasteiger charge is -2.11. The first kappa shape index (κ1) is 12.1. The normalized spacial score (nSPS) is 11.6. The number of para-hydroxylation sites is 1. The molecule has 0 saturated carbocycles. The van der Waals surface area contributed by atoms with E-state index in [-0.39, 0.29) is 0 Å². The smallest absolute Gasteiger partial charge is 0.341 e. The predicted molar refractivity (Wildman–Crippen MR) is 60.7 cm³/mol. The monoisotopic (exact) mass is 218 g/mol. The highest BCUT2D eigenvalue weighted by atomic mass is 16.5. The Balaban J connectivity index is 2.90. The van der Waals surface area contributed by atoms with Crippen LogP contribution in [-0.4, -0.2) is 12.1 Å². The number of nitrogens with zero attached hydrogens (tertiary/aromatic N) is 1. The van der Waals surface area contributed by atoms with Gasteiger partial charge in [0, 0.05) is 5.69 Å². The number of hydrogen-bond donors (Lipinski definition) is 1. The van der Waals surface area contributed by atoms with E-state index in [4.69, 9.17) is 15.7 Å². The molecule has 2 N–H and O–H groups in total. The maximum Gasteiger partial charge on any atom is 0.341 e. The maximum atomic E-state index is 11.7. The van der Waals surface area contributed by atoms with E-state index in [9.17, 15) is 4.79 Å². The largest absolute Gasteiger partial charge is 0.443 e. The van der Waals surface area contributed by atoms with Crippen LogP contribution in [0.3, 0.4) is 0 Å². The summed E-state index contributed by atoms with van der Waals surface area (Å²) >= 11 is 0. The molecule has 0 heterocycles. The first-order valence-electron chi connectivity index (χ1n) is 5.05. The number of esters is 1. The van der Waals surface area contributed by atoms with E-state index in [0.717, 1.165) is 5.56 Å². The van der Waals surface area contributed by atoms with Gasteiger partial charge in [-0.25, -0.2) is 4.79 Å². The Bertz CT molecular complexity index is 435. The zero-order chi connectivity index (χ0) is 12.1. The molecule has 0 bridgehead atoms. The Hall–Kier alpha value is -2.02. The number of nitrogens with two attached hydrogens (primary N) is 1. The number of nitriles is 1. The van der Waals surface area contributed by atoms with Crippen molar-refractivity contribution in [3.05, 3.63) is 29.3 Å². The molecule has 0 aliphatic carbocycles. The van der Waals surface area contributed by atoms with Gasteiger partial charge in [-0.05, 0) is 25.0 Å². The van der Waals surface area contributed by atoms with Gasteiger partial charge in [-0.3, -0.25) is 0 Å². The number of benzene rings is 1. The molecule has 1 aromatic rings. The van der Waals surface area contributed by atoms with Gasteiger partial charge in [0.1, 0.15) is 6.07 Å². The van der Waals surface area contributed by atoms with Gasteiger partial charge in [0.25, 0.3) is 0 Å². The summed E-state index contributed by atoms with van der Waals surface area (Å²) < 4.78 is 4.99. The van der Waals surface area contributed by atoms with Gasteiger partial charge in [0.2, 0.25) is 0 Å². The molecule has 0 radical (unpaired) electrons. The Morgan fingerprint density at radius 2 is 2.31 bits per heavy atom. The lowest BCUT2D eigenvalue weighted by atomic mass is 10.1. The number of nitrogen functional groups attached to an aromatic ring is 1. The SMILES string of the molecule is CCC(C#N)OC(=O)c1cccc(C)c1N. The van der Waals surface area contributed by atoms with E-state index in [1.165, 1.54) is 0 Å². The van der Waals surface area contributed by atoms with Crippen LogP contribution in [0.1, 0.15) is 29.3 Å². The standard InChI is InChI=1S/C12H14N2O2/c1-3-9(7-13)16-12(15)10-6-4-5-8(2)11(10)14/h4-6,9H,3,14H2,1-2H3. The summed E-state index contributed by atoms with van der Waals surface area (Å²) in [6.07, 6.45) is -0.249. The van der Waals surface area contributed by atoms with E-state index >= 15 is 0 Å². The van der Waals surface area contributed by atoms with Gasteiger partial charge >= 0.3 is 5.97 Å². The van der Waals surface area contributed by atoms with E-state index in [0.29, 0.717) is 17.7 Å². The fourth-order valence-electron chi connectivity index (χ4n) is 1.25. The summed E-state index contributed by atoms with van der Waals surface area (Å²) in [4.78, 5) is 11.7. The Morgan fingerprint density at radius 1 is 1.62 bits per heavy atom. The topological polar surface area (TPSA) is 76.1 Å². The van der Waals surface area contributed by atoms with Crippen molar-refractivity contribution in [3.63, 3.8) is 0 Å². The fraction of sp³-hybridized carbons (Fsp3) is 0.333. The van der Waals surface area contributed by atoms with Crippen molar-refractivity contribution in [2.24, 2.45) is 0 Å². The molecule has 0 aliphatic heterocycles. The fourth-order valence-corrected chi connectivity index (χ4v) is 1.25. The molecule has 4 heteroatoms. The first-order chi connectivity index (χ1) is 7.60. The Kier molecular flexibility index (Phi) is 3.90. The minimum absolute atomic E-state index is 0.314. The number of hydrogen-bond acceptors (Lipinski definition) is 4. The third-order valence-electron chi connectivity index (χ3n) is 2.31. The zero-order valence-electron chi connectivity index (χ0n) is 9.36. The Morgan fingerprint density at radius 3 is 2.88 bits per heavy atom. The summed E-state index contributed by atoms with van der Waals surface area (Å²) in [5, 5.41) is 8.69. The highest BCUT2D eigenvalue weighted by Crippen LogP contribution is 2.18. The summed E-state index contributed by atoms with van der Waals surface area (Å²) in [7, 11) is 0. The third-order valence-corrected chi connectivity index (χ3v) is 2.31. The van der Waals surface area contributed by atoms with E-state index in [2.05, 4.69) is 0 Å². The van der Waals surface area contributed by atoms with Gasteiger partial charge in [-0.1, -0.05) is 19.1 Å². The maximum absolute atomic E-state index is 11.7. The molecule has 1 unspecified atom stereocenters. The second kappa shape index (κ2) is 5.17. The number of carbonyl (C=O) groups excluding carboxylic acids is 1. The van der Waals surface area contributed by atoms with Crippen LogP contribution in [0.25, 0.3) is 0 Å². The second-order valence-electron chi connectivity index (χ2n) is 3.47. The molecular weight excluding hydrogens is 204 g/mol. The third kappa shape index (κ3) is 2.51. The molecule has 0 fully saturated rings. The highest BCUT2D eigenvalue weighted by molar-refractivity contribution is 5.95. The Labute approximate surface area is 94.6 Å². The first-order valence-corrected chi connectivity index (χ1v) is 5.05. The average Bonchev–Trinajstić information content (AvgIpc) is 2.29. The molecule has 16 heavy (non-hydrogen) atoms. The van der Waals surface area contributed by atoms with Crippen LogP contribution in [0.2, 0.25) is 0 Å². The van der Waals surface area contributed by atoms with Crippen molar-refractivity contribution in [3.8, 4) is 6.07 Å². The minimum Gasteiger partial charge on any atom is -0.443 e. The van der Waals surface area contributed by atoms with Gasteiger partial charge in [0.05, 0.1) is 5.56 Å². The van der Waals surface area contributed by atoms with E-state index < -0.39 is 12.1 Å². The van der Waals surface area contributed by atoms with Crippen LogP contribution in [0.4, 0.5) is 5.69 Å². The predicted octanol–water partition coefficient (Wildman–Crippen LogP) is 2.04. The molecule has 0 aliphatic rings. The van der Waals surface area contributed by atoms with Gasteiger partial charge in [-0.15, -0.1) is 0 Å². The minimum atomic E-state index is -0.715. The zero-order valence-corrected chi connectivity index (χ0v) is 9.36. The molecule has 0 saturated heterocycles. The van der Waals surface area contributed by atoms with Gasteiger partial charge < -0.3 is 10.5 Å². The lowest BCUT2D eigenvalue weighted by molar-refractivity contribution is 0.0402. The van der Waals surface area contributed by atoms with E-state index in [1.807, 2.05) is 19.1 Å². The van der Waals surface area contributed by atoms with Crippen LogP contribution in [0, 0.1) is 18.3 Å². The summed E-state index contributed by atoms with van der Waals surface area (Å²) in [6.45, 7) is 3.59. The van der Waals surface area contributed by atoms with Crippen LogP contribution in [0.15, 0.2) is 18.2 Å². The highest BCUT2D eigenvalue weighted by Gasteiger charge is 2.16. The summed E-state index contributed by atoms with van der Waals surface area (Å²) in [6, 6.07) is 7.04. The van der Waals surface area contributed by atoms with Crippen LogP contribution in [-0.2, 0) is 4.74 Å². The molecule has 1 atom stereocenters.